The Morgan fingerprint density at radius 2 is 2.00 bits per heavy atom. The van der Waals surface area contributed by atoms with E-state index in [-0.39, 0.29) is 30.0 Å². The third-order valence-electron chi connectivity index (χ3n) is 4.42. The van der Waals surface area contributed by atoms with Crippen molar-refractivity contribution in [1.29, 1.82) is 0 Å². The van der Waals surface area contributed by atoms with Crippen LogP contribution in [0.5, 0.6) is 0 Å². The lowest BCUT2D eigenvalue weighted by molar-refractivity contribution is -0.122. The van der Waals surface area contributed by atoms with E-state index < -0.39 is 9.84 Å². The first-order valence-electron chi connectivity index (χ1n) is 8.42. The summed E-state index contributed by atoms with van der Waals surface area (Å²) >= 11 is 0. The number of furan rings is 1. The fourth-order valence-corrected chi connectivity index (χ4v) is 4.21. The highest BCUT2D eigenvalue weighted by Crippen LogP contribution is 2.20. The molecule has 1 N–H and O–H groups in total. The van der Waals surface area contributed by atoms with Crippen LogP contribution in [0.1, 0.15) is 25.6 Å². The van der Waals surface area contributed by atoms with Crippen molar-refractivity contribution < 1.29 is 17.6 Å². The Balaban J connectivity index is 1.86. The summed E-state index contributed by atoms with van der Waals surface area (Å²) in [7, 11) is -2.92. The fourth-order valence-electron chi connectivity index (χ4n) is 2.93. The second-order valence-electron chi connectivity index (χ2n) is 5.98. The SMILES string of the molecule is CCN(CC)[C@H](CNC(=O)CN1CCS(=O)(=O)CC1)c1ccco1. The van der Waals surface area contributed by atoms with Gasteiger partial charge >= 0.3 is 0 Å². The number of carbonyl (C=O) groups is 1. The Morgan fingerprint density at radius 1 is 1.33 bits per heavy atom. The van der Waals surface area contributed by atoms with Gasteiger partial charge in [0.1, 0.15) is 5.76 Å². The van der Waals surface area contributed by atoms with E-state index in [9.17, 15) is 13.2 Å². The van der Waals surface area contributed by atoms with Gasteiger partial charge in [-0.1, -0.05) is 13.8 Å². The molecule has 0 radical (unpaired) electrons. The van der Waals surface area contributed by atoms with Gasteiger partial charge in [0.25, 0.3) is 0 Å². The quantitative estimate of drug-likeness (QED) is 0.730. The number of hydrogen-bond acceptors (Lipinski definition) is 6. The van der Waals surface area contributed by atoms with E-state index in [1.54, 1.807) is 6.26 Å². The van der Waals surface area contributed by atoms with Crippen LogP contribution >= 0.6 is 0 Å². The molecule has 1 saturated heterocycles. The zero-order valence-corrected chi connectivity index (χ0v) is 15.2. The van der Waals surface area contributed by atoms with Crippen LogP contribution in [0.25, 0.3) is 0 Å². The number of rotatable bonds is 8. The number of likely N-dealkylation sites (N-methyl/N-ethyl adjacent to an activating group) is 1. The van der Waals surface area contributed by atoms with E-state index in [0.29, 0.717) is 19.6 Å². The molecule has 8 heteroatoms. The van der Waals surface area contributed by atoms with Crippen molar-refractivity contribution in [1.82, 2.24) is 15.1 Å². The minimum Gasteiger partial charge on any atom is -0.468 e. The average Bonchev–Trinajstić information content (AvgIpc) is 3.07. The summed E-state index contributed by atoms with van der Waals surface area (Å²) in [6, 6.07) is 3.77. The maximum Gasteiger partial charge on any atom is 0.234 e. The highest BCUT2D eigenvalue weighted by molar-refractivity contribution is 7.91. The van der Waals surface area contributed by atoms with Crippen LogP contribution in [0.4, 0.5) is 0 Å². The molecule has 2 rings (SSSR count). The van der Waals surface area contributed by atoms with Gasteiger partial charge in [-0.2, -0.15) is 0 Å². The van der Waals surface area contributed by atoms with Gasteiger partial charge in [-0.15, -0.1) is 0 Å². The molecule has 0 unspecified atom stereocenters. The highest BCUT2D eigenvalue weighted by Gasteiger charge is 2.24. The molecule has 1 aliphatic rings. The Labute approximate surface area is 143 Å². The van der Waals surface area contributed by atoms with Crippen LogP contribution in [0.2, 0.25) is 0 Å². The summed E-state index contributed by atoms with van der Waals surface area (Å²) in [6.07, 6.45) is 1.64. The Hall–Kier alpha value is -1.38. The molecule has 1 fully saturated rings. The topological polar surface area (TPSA) is 82.9 Å². The van der Waals surface area contributed by atoms with Crippen molar-refractivity contribution in [2.24, 2.45) is 0 Å². The zero-order chi connectivity index (χ0) is 17.6. The second kappa shape index (κ2) is 8.64. The van der Waals surface area contributed by atoms with Crippen molar-refractivity contribution in [3.8, 4) is 0 Å². The van der Waals surface area contributed by atoms with E-state index in [0.717, 1.165) is 18.8 Å². The smallest absolute Gasteiger partial charge is 0.234 e. The van der Waals surface area contributed by atoms with Crippen molar-refractivity contribution in [3.63, 3.8) is 0 Å². The predicted molar refractivity (Wildman–Crippen MR) is 92.5 cm³/mol. The number of hydrogen-bond donors (Lipinski definition) is 1. The zero-order valence-electron chi connectivity index (χ0n) is 14.4. The van der Waals surface area contributed by atoms with Crippen LogP contribution in [0.3, 0.4) is 0 Å². The Kier molecular flexibility index (Phi) is 6.82. The van der Waals surface area contributed by atoms with Crippen LogP contribution in [0, 0.1) is 0 Å². The summed E-state index contributed by atoms with van der Waals surface area (Å²) in [5.74, 6) is 1.02. The van der Waals surface area contributed by atoms with Gasteiger partial charge in [0, 0.05) is 19.6 Å². The molecule has 0 saturated carbocycles. The molecule has 2 heterocycles. The van der Waals surface area contributed by atoms with E-state index in [1.165, 1.54) is 0 Å². The van der Waals surface area contributed by atoms with Crippen LogP contribution in [-0.4, -0.2) is 74.9 Å². The first-order valence-corrected chi connectivity index (χ1v) is 10.2. The minimum atomic E-state index is -2.92. The van der Waals surface area contributed by atoms with Crippen molar-refractivity contribution >= 4 is 15.7 Å². The molecule has 1 amide bonds. The molecule has 7 nitrogen and oxygen atoms in total. The van der Waals surface area contributed by atoms with Crippen molar-refractivity contribution in [2.75, 3.05) is 50.8 Å². The molecular weight excluding hydrogens is 330 g/mol. The lowest BCUT2D eigenvalue weighted by atomic mass is 10.2. The summed E-state index contributed by atoms with van der Waals surface area (Å²) < 4.78 is 28.4. The summed E-state index contributed by atoms with van der Waals surface area (Å²) in [6.45, 7) is 7.44. The predicted octanol–water partition coefficient (Wildman–Crippen LogP) is 0.509. The molecular formula is C16H27N3O4S. The molecule has 0 spiro atoms. The maximum atomic E-state index is 12.2. The molecule has 0 bridgehead atoms. The van der Waals surface area contributed by atoms with E-state index >= 15 is 0 Å². The number of nitrogens with zero attached hydrogens (tertiary/aromatic N) is 2. The normalized spacial score (nSPS) is 19.3. The van der Waals surface area contributed by atoms with Crippen LogP contribution in [0.15, 0.2) is 22.8 Å². The fraction of sp³-hybridized carbons (Fsp3) is 0.688. The second-order valence-corrected chi connectivity index (χ2v) is 8.29. The van der Waals surface area contributed by atoms with Gasteiger partial charge < -0.3 is 9.73 Å². The van der Waals surface area contributed by atoms with Gasteiger partial charge in [-0.3, -0.25) is 14.6 Å². The largest absolute Gasteiger partial charge is 0.468 e. The number of carbonyl (C=O) groups excluding carboxylic acids is 1. The molecule has 0 aromatic carbocycles. The van der Waals surface area contributed by atoms with Gasteiger partial charge in [0.05, 0.1) is 30.4 Å². The maximum absolute atomic E-state index is 12.2. The molecule has 136 valence electrons. The molecule has 1 aliphatic heterocycles. The lowest BCUT2D eigenvalue weighted by Crippen LogP contribution is -2.46. The Bertz CT molecular complexity index is 597. The number of amides is 1. The first-order chi connectivity index (χ1) is 11.4. The third kappa shape index (κ3) is 5.32. The molecule has 1 atom stereocenters. The number of sulfone groups is 1. The van der Waals surface area contributed by atoms with E-state index in [2.05, 4.69) is 24.1 Å². The molecule has 0 aliphatic carbocycles. The third-order valence-corrected chi connectivity index (χ3v) is 6.03. The Morgan fingerprint density at radius 3 is 2.54 bits per heavy atom. The van der Waals surface area contributed by atoms with Crippen molar-refractivity contribution in [2.45, 2.75) is 19.9 Å². The average molecular weight is 357 g/mol. The lowest BCUT2D eigenvalue weighted by Gasteiger charge is -2.29. The van der Waals surface area contributed by atoms with Crippen LogP contribution < -0.4 is 5.32 Å². The van der Waals surface area contributed by atoms with Gasteiger partial charge in [-0.05, 0) is 25.2 Å². The number of nitrogens with one attached hydrogen (secondary N) is 1. The van der Waals surface area contributed by atoms with E-state index in [4.69, 9.17) is 4.42 Å². The summed E-state index contributed by atoms with van der Waals surface area (Å²) in [4.78, 5) is 16.3. The summed E-state index contributed by atoms with van der Waals surface area (Å²) in [5.41, 5.74) is 0. The molecule has 1 aromatic heterocycles. The van der Waals surface area contributed by atoms with Gasteiger partial charge in [0.15, 0.2) is 9.84 Å². The van der Waals surface area contributed by atoms with E-state index in [1.807, 2.05) is 17.0 Å². The summed E-state index contributed by atoms with van der Waals surface area (Å²) in [5, 5.41) is 2.96. The first kappa shape index (κ1) is 19.0. The van der Waals surface area contributed by atoms with Crippen LogP contribution in [-0.2, 0) is 14.6 Å². The molecule has 1 aromatic rings. The van der Waals surface area contributed by atoms with Crippen molar-refractivity contribution in [3.05, 3.63) is 24.2 Å². The van der Waals surface area contributed by atoms with Gasteiger partial charge in [0.2, 0.25) is 5.91 Å². The monoisotopic (exact) mass is 357 g/mol. The van der Waals surface area contributed by atoms with Gasteiger partial charge in [-0.25, -0.2) is 8.42 Å². The minimum absolute atomic E-state index is 0.000633. The highest BCUT2D eigenvalue weighted by atomic mass is 32.2. The standard InChI is InChI=1S/C16H27N3O4S/c1-3-19(4-2)14(15-6-5-9-23-15)12-17-16(20)13-18-7-10-24(21,22)11-8-18/h5-6,9,14H,3-4,7-8,10-13H2,1-2H3,(H,17,20)/t14-/m1/s1. The molecule has 24 heavy (non-hydrogen) atoms.